The van der Waals surface area contributed by atoms with E-state index in [1.165, 1.54) is 0 Å². The molecule has 4 heteroatoms. The number of nitriles is 1. The third-order valence-corrected chi connectivity index (χ3v) is 3.85. The van der Waals surface area contributed by atoms with Gasteiger partial charge in [0.15, 0.2) is 0 Å². The molecule has 0 aromatic carbocycles. The zero-order valence-corrected chi connectivity index (χ0v) is 10.7. The molecule has 0 radical (unpaired) electrons. The monoisotopic (exact) mass is 237 g/mol. The number of amides is 1. The highest BCUT2D eigenvalue weighted by molar-refractivity contribution is 5.83. The Balaban J connectivity index is 2.44. The van der Waals surface area contributed by atoms with E-state index in [1.807, 2.05) is 0 Å². The topological polar surface area (TPSA) is 78.9 Å². The number of nitrogens with zero attached hydrogens (tertiary/aromatic N) is 1. The Hall–Kier alpha value is -1.08. The summed E-state index contributed by atoms with van der Waals surface area (Å²) >= 11 is 0. The predicted molar refractivity (Wildman–Crippen MR) is 67.0 cm³/mol. The predicted octanol–water partition coefficient (Wildman–Crippen LogP) is 1.56. The summed E-state index contributed by atoms with van der Waals surface area (Å²) in [6.45, 7) is 3.25. The van der Waals surface area contributed by atoms with Crippen molar-refractivity contribution >= 4 is 5.91 Å². The van der Waals surface area contributed by atoms with Crippen molar-refractivity contribution in [2.75, 3.05) is 13.1 Å². The second-order valence-electron chi connectivity index (χ2n) is 5.18. The van der Waals surface area contributed by atoms with E-state index in [4.69, 9.17) is 11.0 Å². The molecule has 0 atom stereocenters. The Morgan fingerprint density at radius 2 is 2.18 bits per heavy atom. The normalized spacial score (nSPS) is 28.4. The first kappa shape index (κ1) is 14.0. The molecule has 0 spiro atoms. The molecule has 1 aliphatic carbocycles. The highest BCUT2D eigenvalue weighted by atomic mass is 16.2. The number of carbonyl (C=O) groups excluding carboxylic acids is 1. The molecule has 96 valence electrons. The van der Waals surface area contributed by atoms with Gasteiger partial charge in [-0.05, 0) is 38.0 Å². The molecule has 0 bridgehead atoms. The Bertz CT molecular complexity index is 288. The highest BCUT2D eigenvalue weighted by Gasteiger charge is 2.39. The summed E-state index contributed by atoms with van der Waals surface area (Å²) in [6.07, 6.45) is 5.18. The van der Waals surface area contributed by atoms with Gasteiger partial charge in [0.25, 0.3) is 0 Å². The van der Waals surface area contributed by atoms with E-state index in [-0.39, 0.29) is 11.3 Å². The van der Waals surface area contributed by atoms with Gasteiger partial charge < -0.3 is 11.1 Å². The summed E-state index contributed by atoms with van der Waals surface area (Å²) in [5, 5.41) is 11.3. The first-order valence-corrected chi connectivity index (χ1v) is 6.50. The number of nitrogens with two attached hydrogens (primary N) is 1. The minimum atomic E-state index is -0.348. The summed E-state index contributed by atoms with van der Waals surface area (Å²) in [7, 11) is 0. The molecule has 1 rings (SSSR count). The lowest BCUT2D eigenvalue weighted by atomic mass is 9.70. The second-order valence-corrected chi connectivity index (χ2v) is 5.18. The van der Waals surface area contributed by atoms with E-state index >= 15 is 0 Å². The molecule has 0 unspecified atom stereocenters. The van der Waals surface area contributed by atoms with E-state index in [9.17, 15) is 4.79 Å². The molecular weight excluding hydrogens is 214 g/mol. The maximum atomic E-state index is 12.1. The van der Waals surface area contributed by atoms with Crippen LogP contribution >= 0.6 is 0 Å². The van der Waals surface area contributed by atoms with Crippen molar-refractivity contribution < 1.29 is 4.79 Å². The molecule has 1 aliphatic rings. The zero-order chi connectivity index (χ0) is 12.7. The molecule has 3 N–H and O–H groups in total. The van der Waals surface area contributed by atoms with Crippen LogP contribution in [0.15, 0.2) is 0 Å². The van der Waals surface area contributed by atoms with Crippen LogP contribution in [-0.2, 0) is 4.79 Å². The van der Waals surface area contributed by atoms with Gasteiger partial charge in [-0.2, -0.15) is 5.26 Å². The van der Waals surface area contributed by atoms with Crippen LogP contribution < -0.4 is 11.1 Å². The van der Waals surface area contributed by atoms with Gasteiger partial charge in [-0.3, -0.25) is 4.79 Å². The van der Waals surface area contributed by atoms with Gasteiger partial charge in [-0.25, -0.2) is 0 Å². The van der Waals surface area contributed by atoms with Gasteiger partial charge in [0.1, 0.15) is 0 Å². The summed E-state index contributed by atoms with van der Waals surface area (Å²) in [4.78, 5) is 12.1. The molecule has 1 saturated carbocycles. The first-order chi connectivity index (χ1) is 8.14. The van der Waals surface area contributed by atoms with Crippen LogP contribution in [0.1, 0.15) is 45.4 Å². The number of rotatable bonds is 5. The smallest absolute Gasteiger partial charge is 0.227 e. The molecule has 1 fully saturated rings. The standard InChI is InChI=1S/C13H23N3O/c1-11-4-6-13(10-15,7-5-11)12(17)16-9-3-2-8-14/h11H,2-7,9-10,15H2,1H3,(H,16,17). The van der Waals surface area contributed by atoms with Crippen molar-refractivity contribution in [3.05, 3.63) is 0 Å². The Morgan fingerprint density at radius 3 is 2.71 bits per heavy atom. The van der Waals surface area contributed by atoms with Crippen LogP contribution in [0.4, 0.5) is 0 Å². The third kappa shape index (κ3) is 3.71. The SMILES string of the molecule is CC1CCC(CN)(C(=O)NCCCC#N)CC1. The Labute approximate surface area is 104 Å². The lowest BCUT2D eigenvalue weighted by Gasteiger charge is -2.37. The maximum absolute atomic E-state index is 12.1. The highest BCUT2D eigenvalue weighted by Crippen LogP contribution is 2.38. The Morgan fingerprint density at radius 1 is 1.53 bits per heavy atom. The summed E-state index contributed by atoms with van der Waals surface area (Å²) in [5.74, 6) is 0.797. The molecule has 1 amide bonds. The largest absolute Gasteiger partial charge is 0.356 e. The van der Waals surface area contributed by atoms with Crippen molar-refractivity contribution in [1.82, 2.24) is 5.32 Å². The Kier molecular flexibility index (Phi) is 5.43. The fourth-order valence-electron chi connectivity index (χ4n) is 2.40. The van der Waals surface area contributed by atoms with Crippen molar-refractivity contribution in [2.24, 2.45) is 17.1 Å². The minimum absolute atomic E-state index is 0.0878. The molecule has 0 saturated heterocycles. The maximum Gasteiger partial charge on any atom is 0.227 e. The fourth-order valence-corrected chi connectivity index (χ4v) is 2.40. The second kappa shape index (κ2) is 6.61. The van der Waals surface area contributed by atoms with Crippen molar-refractivity contribution in [2.45, 2.75) is 45.4 Å². The number of carbonyl (C=O) groups is 1. The van der Waals surface area contributed by atoms with E-state index in [0.29, 0.717) is 25.4 Å². The molecule has 17 heavy (non-hydrogen) atoms. The van der Waals surface area contributed by atoms with E-state index in [2.05, 4.69) is 18.3 Å². The van der Waals surface area contributed by atoms with Crippen LogP contribution in [0.25, 0.3) is 0 Å². The average molecular weight is 237 g/mol. The molecular formula is C13H23N3O. The molecule has 4 nitrogen and oxygen atoms in total. The first-order valence-electron chi connectivity index (χ1n) is 6.50. The number of hydrogen-bond acceptors (Lipinski definition) is 3. The van der Waals surface area contributed by atoms with Gasteiger partial charge >= 0.3 is 0 Å². The average Bonchev–Trinajstić information content (AvgIpc) is 2.36. The molecule has 0 aromatic heterocycles. The lowest BCUT2D eigenvalue weighted by molar-refractivity contribution is -0.132. The quantitative estimate of drug-likeness (QED) is 0.712. The van der Waals surface area contributed by atoms with Crippen LogP contribution in [0.2, 0.25) is 0 Å². The third-order valence-electron chi connectivity index (χ3n) is 3.85. The summed E-state index contributed by atoms with van der Waals surface area (Å²) in [5.41, 5.74) is 5.45. The van der Waals surface area contributed by atoms with Gasteiger partial charge in [0, 0.05) is 19.5 Å². The summed E-state index contributed by atoms with van der Waals surface area (Å²) < 4.78 is 0. The van der Waals surface area contributed by atoms with Gasteiger partial charge in [-0.15, -0.1) is 0 Å². The lowest BCUT2D eigenvalue weighted by Crippen LogP contribution is -2.48. The number of nitrogens with one attached hydrogen (secondary N) is 1. The van der Waals surface area contributed by atoms with Crippen LogP contribution in [0.5, 0.6) is 0 Å². The molecule has 0 aromatic rings. The van der Waals surface area contributed by atoms with Crippen molar-refractivity contribution in [3.63, 3.8) is 0 Å². The van der Waals surface area contributed by atoms with E-state index in [1.54, 1.807) is 0 Å². The van der Waals surface area contributed by atoms with E-state index in [0.717, 1.165) is 32.1 Å². The van der Waals surface area contributed by atoms with Crippen LogP contribution in [0, 0.1) is 22.7 Å². The summed E-state index contributed by atoms with van der Waals surface area (Å²) in [6, 6.07) is 2.07. The van der Waals surface area contributed by atoms with Gasteiger partial charge in [-0.1, -0.05) is 6.92 Å². The number of unbranched alkanes of at least 4 members (excludes halogenated alkanes) is 1. The zero-order valence-electron chi connectivity index (χ0n) is 10.7. The van der Waals surface area contributed by atoms with Crippen molar-refractivity contribution in [1.29, 1.82) is 5.26 Å². The van der Waals surface area contributed by atoms with Gasteiger partial charge in [0.2, 0.25) is 5.91 Å². The molecule has 0 heterocycles. The van der Waals surface area contributed by atoms with Crippen LogP contribution in [-0.4, -0.2) is 19.0 Å². The van der Waals surface area contributed by atoms with Crippen LogP contribution in [0.3, 0.4) is 0 Å². The molecule has 0 aliphatic heterocycles. The fraction of sp³-hybridized carbons (Fsp3) is 0.846. The number of hydrogen-bond donors (Lipinski definition) is 2. The minimum Gasteiger partial charge on any atom is -0.356 e. The van der Waals surface area contributed by atoms with E-state index < -0.39 is 0 Å². The van der Waals surface area contributed by atoms with Gasteiger partial charge in [0.05, 0.1) is 11.5 Å². The van der Waals surface area contributed by atoms with Crippen molar-refractivity contribution in [3.8, 4) is 6.07 Å².